The number of pyridine rings is 2. The third-order valence-corrected chi connectivity index (χ3v) is 6.51. The molecule has 1 aromatic carbocycles. The molecule has 1 saturated heterocycles. The van der Waals surface area contributed by atoms with Crippen LogP contribution in [-0.4, -0.2) is 59.3 Å². The second-order valence-corrected chi connectivity index (χ2v) is 8.63. The molecule has 1 aliphatic heterocycles. The predicted molar refractivity (Wildman–Crippen MR) is 125 cm³/mol. The van der Waals surface area contributed by atoms with E-state index in [1.165, 1.54) is 0 Å². The van der Waals surface area contributed by atoms with Gasteiger partial charge in [-0.2, -0.15) is 0 Å². The van der Waals surface area contributed by atoms with Crippen LogP contribution in [0.15, 0.2) is 35.4 Å². The maximum Gasteiger partial charge on any atom is 0.257 e. The first-order valence-corrected chi connectivity index (χ1v) is 11.2. The molecule has 0 unspecified atom stereocenters. The number of nitrogens with zero attached hydrogens (tertiary/aromatic N) is 3. The van der Waals surface area contributed by atoms with Crippen LogP contribution in [0.2, 0.25) is 0 Å². The second kappa shape index (κ2) is 8.44. The average molecular weight is 436 g/mol. The van der Waals surface area contributed by atoms with Crippen molar-refractivity contribution in [3.63, 3.8) is 0 Å². The summed E-state index contributed by atoms with van der Waals surface area (Å²) >= 11 is 0. The monoisotopic (exact) mass is 435 g/mol. The molecule has 2 fully saturated rings. The maximum absolute atomic E-state index is 12.4. The minimum Gasteiger partial charge on any atom is -0.507 e. The lowest BCUT2D eigenvalue weighted by atomic mass is 9.98. The van der Waals surface area contributed by atoms with Crippen LogP contribution in [0.3, 0.4) is 0 Å². The fourth-order valence-electron chi connectivity index (χ4n) is 4.42. The maximum atomic E-state index is 12.4. The van der Waals surface area contributed by atoms with Gasteiger partial charge in [-0.05, 0) is 43.0 Å². The van der Waals surface area contributed by atoms with Gasteiger partial charge in [0.15, 0.2) is 0 Å². The molecule has 0 amide bonds. The third-order valence-electron chi connectivity index (χ3n) is 6.51. The minimum atomic E-state index is -0.180. The van der Waals surface area contributed by atoms with Gasteiger partial charge in [-0.15, -0.1) is 0 Å². The number of anilines is 1. The van der Waals surface area contributed by atoms with Gasteiger partial charge in [-0.3, -0.25) is 9.69 Å². The Morgan fingerprint density at radius 1 is 1.28 bits per heavy atom. The van der Waals surface area contributed by atoms with E-state index < -0.39 is 0 Å². The molecule has 3 aromatic rings. The van der Waals surface area contributed by atoms with Crippen LogP contribution in [-0.2, 0) is 6.54 Å². The van der Waals surface area contributed by atoms with Crippen molar-refractivity contribution in [1.29, 1.82) is 0 Å². The highest BCUT2D eigenvalue weighted by Gasteiger charge is 2.30. The van der Waals surface area contributed by atoms with E-state index in [9.17, 15) is 9.90 Å². The highest BCUT2D eigenvalue weighted by molar-refractivity contribution is 5.97. The SMILES string of the molecule is COc1cc(-c2c[nH]c(=O)c3cnc(N4CCC4)cc23)cc(O)c1CN(CCN)C1CC1. The Kier molecular flexibility index (Phi) is 5.48. The molecule has 2 aliphatic rings. The lowest BCUT2D eigenvalue weighted by molar-refractivity contribution is 0.253. The molecule has 2 aromatic heterocycles. The van der Waals surface area contributed by atoms with Crippen LogP contribution in [0, 0.1) is 0 Å². The van der Waals surface area contributed by atoms with E-state index in [1.54, 1.807) is 25.6 Å². The summed E-state index contributed by atoms with van der Waals surface area (Å²) in [4.78, 5) is 24.2. The number of fused-ring (bicyclic) bond motifs is 1. The smallest absolute Gasteiger partial charge is 0.257 e. The van der Waals surface area contributed by atoms with Gasteiger partial charge in [0.2, 0.25) is 0 Å². The highest BCUT2D eigenvalue weighted by atomic mass is 16.5. The van der Waals surface area contributed by atoms with Gasteiger partial charge < -0.3 is 25.5 Å². The van der Waals surface area contributed by atoms with Crippen molar-refractivity contribution >= 4 is 16.6 Å². The lowest BCUT2D eigenvalue weighted by Gasteiger charge is -2.32. The Labute approximate surface area is 186 Å². The number of rotatable bonds is 8. The fraction of sp³-hybridized carbons (Fsp3) is 0.417. The summed E-state index contributed by atoms with van der Waals surface area (Å²) in [5, 5.41) is 12.3. The molecule has 32 heavy (non-hydrogen) atoms. The first kappa shape index (κ1) is 20.8. The van der Waals surface area contributed by atoms with Crippen LogP contribution in [0.4, 0.5) is 5.82 Å². The number of aromatic nitrogens is 2. The molecule has 8 heteroatoms. The number of hydrogen-bond donors (Lipinski definition) is 3. The van der Waals surface area contributed by atoms with Crippen LogP contribution >= 0.6 is 0 Å². The number of benzene rings is 1. The number of phenolic OH excluding ortho intramolecular Hbond substituents is 1. The minimum absolute atomic E-state index is 0.179. The van der Waals surface area contributed by atoms with E-state index in [2.05, 4.69) is 19.8 Å². The van der Waals surface area contributed by atoms with E-state index in [-0.39, 0.29) is 11.3 Å². The normalized spacial score (nSPS) is 15.9. The van der Waals surface area contributed by atoms with Crippen molar-refractivity contribution in [2.24, 2.45) is 5.73 Å². The van der Waals surface area contributed by atoms with Gasteiger partial charge in [0, 0.05) is 67.7 Å². The Morgan fingerprint density at radius 3 is 2.75 bits per heavy atom. The van der Waals surface area contributed by atoms with E-state index >= 15 is 0 Å². The Balaban J connectivity index is 1.58. The van der Waals surface area contributed by atoms with Crippen LogP contribution in [0.5, 0.6) is 11.5 Å². The van der Waals surface area contributed by atoms with Crippen molar-refractivity contribution in [2.75, 3.05) is 38.2 Å². The molecule has 168 valence electrons. The van der Waals surface area contributed by atoms with Gasteiger partial charge >= 0.3 is 0 Å². The molecule has 0 bridgehead atoms. The Morgan fingerprint density at radius 2 is 2.09 bits per heavy atom. The largest absolute Gasteiger partial charge is 0.507 e. The quantitative estimate of drug-likeness (QED) is 0.499. The van der Waals surface area contributed by atoms with Crippen molar-refractivity contribution in [1.82, 2.24) is 14.9 Å². The number of phenols is 1. The van der Waals surface area contributed by atoms with Crippen LogP contribution < -0.4 is 20.9 Å². The molecular weight excluding hydrogens is 406 g/mol. The van der Waals surface area contributed by atoms with Crippen LogP contribution in [0.1, 0.15) is 24.8 Å². The van der Waals surface area contributed by atoms with E-state index in [1.807, 2.05) is 12.1 Å². The summed E-state index contributed by atoms with van der Waals surface area (Å²) in [5.74, 6) is 1.67. The molecule has 3 heterocycles. The molecule has 4 N–H and O–H groups in total. The summed E-state index contributed by atoms with van der Waals surface area (Å²) in [6.45, 7) is 3.90. The summed E-state index contributed by atoms with van der Waals surface area (Å²) in [5.41, 5.74) is 7.98. The first-order valence-electron chi connectivity index (χ1n) is 11.2. The summed E-state index contributed by atoms with van der Waals surface area (Å²) < 4.78 is 5.68. The van der Waals surface area contributed by atoms with Crippen molar-refractivity contribution in [3.05, 3.63) is 46.5 Å². The second-order valence-electron chi connectivity index (χ2n) is 8.63. The zero-order valence-electron chi connectivity index (χ0n) is 18.3. The van der Waals surface area contributed by atoms with Crippen molar-refractivity contribution < 1.29 is 9.84 Å². The molecule has 1 saturated carbocycles. The molecule has 1 aliphatic carbocycles. The van der Waals surface area contributed by atoms with E-state index in [0.717, 1.165) is 66.8 Å². The number of hydrogen-bond acceptors (Lipinski definition) is 7. The number of aromatic amines is 1. The van der Waals surface area contributed by atoms with Crippen LogP contribution in [0.25, 0.3) is 21.9 Å². The summed E-state index contributed by atoms with van der Waals surface area (Å²) in [6, 6.07) is 6.17. The zero-order chi connectivity index (χ0) is 22.2. The lowest BCUT2D eigenvalue weighted by Crippen LogP contribution is -2.37. The fourth-order valence-corrected chi connectivity index (χ4v) is 4.42. The van der Waals surface area contributed by atoms with Gasteiger partial charge in [0.1, 0.15) is 17.3 Å². The number of ether oxygens (including phenoxy) is 1. The topological polar surface area (TPSA) is 108 Å². The van der Waals surface area contributed by atoms with Gasteiger partial charge in [0.05, 0.1) is 12.5 Å². The Bertz CT molecular complexity index is 1200. The van der Waals surface area contributed by atoms with Crippen molar-refractivity contribution in [3.8, 4) is 22.6 Å². The molecule has 0 atom stereocenters. The molecule has 0 spiro atoms. The number of aromatic hydroxyl groups is 1. The van der Waals surface area contributed by atoms with Gasteiger partial charge in [-0.25, -0.2) is 4.98 Å². The molecular formula is C24H29N5O3. The van der Waals surface area contributed by atoms with Crippen molar-refractivity contribution in [2.45, 2.75) is 31.8 Å². The predicted octanol–water partition coefficient (Wildman–Crippen LogP) is 2.44. The number of methoxy groups -OCH3 is 1. The summed E-state index contributed by atoms with van der Waals surface area (Å²) in [6.07, 6.45) is 6.81. The van der Waals surface area contributed by atoms with E-state index in [4.69, 9.17) is 10.5 Å². The number of nitrogens with two attached hydrogens (primary N) is 1. The number of H-pyrrole nitrogens is 1. The summed E-state index contributed by atoms with van der Waals surface area (Å²) in [7, 11) is 1.61. The molecule has 8 nitrogen and oxygen atoms in total. The zero-order valence-corrected chi connectivity index (χ0v) is 18.3. The first-order chi connectivity index (χ1) is 15.6. The average Bonchev–Trinajstić information content (AvgIpc) is 3.59. The number of nitrogens with one attached hydrogen (secondary N) is 1. The van der Waals surface area contributed by atoms with E-state index in [0.29, 0.717) is 30.3 Å². The standard InChI is InChI=1S/C24H29N5O3/c1-32-22-10-15(9-21(30)20(22)14-29(8-5-25)16-3-4-16)18-12-27-24(31)19-13-26-23(11-17(18)19)28-6-2-7-28/h9-13,16,30H,2-8,14,25H2,1H3,(H,27,31). The highest BCUT2D eigenvalue weighted by Crippen LogP contribution is 2.39. The molecule has 5 rings (SSSR count). The third kappa shape index (κ3) is 3.80. The van der Waals surface area contributed by atoms with Gasteiger partial charge in [0.25, 0.3) is 5.56 Å². The molecule has 0 radical (unpaired) electrons. The Hall–Kier alpha value is -3.10. The van der Waals surface area contributed by atoms with Gasteiger partial charge in [-0.1, -0.05) is 0 Å².